The van der Waals surface area contributed by atoms with E-state index in [0.717, 1.165) is 27.9 Å². The summed E-state index contributed by atoms with van der Waals surface area (Å²) in [6.07, 6.45) is 1.70. The Hall–Kier alpha value is -2.84. The third-order valence-corrected chi connectivity index (χ3v) is 6.76. The Labute approximate surface area is 216 Å². The van der Waals surface area contributed by atoms with Crippen molar-refractivity contribution in [3.8, 4) is 5.75 Å². The molecule has 1 aliphatic rings. The first-order valence-corrected chi connectivity index (χ1v) is 12.1. The number of amides is 2. The molecule has 1 saturated heterocycles. The van der Waals surface area contributed by atoms with Gasteiger partial charge in [-0.1, -0.05) is 71.4 Å². The van der Waals surface area contributed by atoms with E-state index >= 15 is 0 Å². The maximum atomic E-state index is 13.0. The molecule has 1 N–H and O–H groups in total. The lowest BCUT2D eigenvalue weighted by Gasteiger charge is -2.16. The normalized spacial score (nSPS) is 14.6. The van der Waals surface area contributed by atoms with Crippen molar-refractivity contribution in [3.63, 3.8) is 0 Å². The zero-order valence-corrected chi connectivity index (χ0v) is 21.0. The maximum Gasteiger partial charge on any atom is 0.285 e. The van der Waals surface area contributed by atoms with Crippen LogP contribution in [0.1, 0.15) is 27.0 Å². The second-order valence-electron chi connectivity index (χ2n) is 7.39. The molecule has 0 spiro atoms. The summed E-state index contributed by atoms with van der Waals surface area (Å²) in [5, 5.41) is 2.01. The zero-order valence-electron chi connectivity index (χ0n) is 17.9. The van der Waals surface area contributed by atoms with Crippen LogP contribution in [0.5, 0.6) is 5.75 Å². The minimum atomic E-state index is -0.519. The Morgan fingerprint density at radius 3 is 2.59 bits per heavy atom. The van der Waals surface area contributed by atoms with E-state index in [1.54, 1.807) is 36.4 Å². The van der Waals surface area contributed by atoms with Crippen LogP contribution in [0.3, 0.4) is 0 Å². The molecule has 172 valence electrons. The number of thiocarbonyl (C=S) groups is 1. The lowest BCUT2D eigenvalue weighted by molar-refractivity contribution is -0.123. The summed E-state index contributed by atoms with van der Waals surface area (Å²) in [5.41, 5.74) is 5.40. The van der Waals surface area contributed by atoms with Gasteiger partial charge in [-0.3, -0.25) is 15.0 Å². The number of para-hydroxylation sites is 1. The van der Waals surface area contributed by atoms with Gasteiger partial charge in [0.15, 0.2) is 4.32 Å². The van der Waals surface area contributed by atoms with Crippen LogP contribution in [0.4, 0.5) is 0 Å². The summed E-state index contributed by atoms with van der Waals surface area (Å²) < 4.78 is 6.18. The monoisotopic (exact) mass is 528 g/mol. The SMILES string of the molecule is Cc1ccc(C(=O)NN2C(=O)/C(=C\c3ccccc3OCc3ccc(Cl)cc3)SC2=S)c(Cl)c1. The van der Waals surface area contributed by atoms with Crippen molar-refractivity contribution in [2.75, 3.05) is 0 Å². The van der Waals surface area contributed by atoms with Gasteiger partial charge >= 0.3 is 0 Å². The molecule has 2 amide bonds. The van der Waals surface area contributed by atoms with Crippen molar-refractivity contribution in [1.29, 1.82) is 0 Å². The number of ether oxygens (including phenoxy) is 1. The number of rotatable bonds is 6. The molecule has 3 aromatic carbocycles. The minimum Gasteiger partial charge on any atom is -0.488 e. The predicted octanol–water partition coefficient (Wildman–Crippen LogP) is 6.43. The highest BCUT2D eigenvalue weighted by molar-refractivity contribution is 8.26. The number of aryl methyl sites for hydroxylation is 1. The van der Waals surface area contributed by atoms with E-state index in [1.807, 2.05) is 43.3 Å². The van der Waals surface area contributed by atoms with Gasteiger partial charge in [0.1, 0.15) is 12.4 Å². The Kier molecular flexibility index (Phi) is 7.58. The number of hydrazine groups is 1. The molecule has 0 radical (unpaired) electrons. The van der Waals surface area contributed by atoms with Crippen LogP contribution in [-0.2, 0) is 11.4 Å². The molecular weight excluding hydrogens is 511 g/mol. The fourth-order valence-electron chi connectivity index (χ4n) is 3.14. The van der Waals surface area contributed by atoms with E-state index in [2.05, 4.69) is 5.43 Å². The highest BCUT2D eigenvalue weighted by Crippen LogP contribution is 2.34. The summed E-state index contributed by atoms with van der Waals surface area (Å²) >= 11 is 18.5. The molecule has 9 heteroatoms. The molecule has 0 unspecified atom stereocenters. The van der Waals surface area contributed by atoms with Gasteiger partial charge in [-0.15, -0.1) is 0 Å². The molecule has 3 aromatic rings. The lowest BCUT2D eigenvalue weighted by Crippen LogP contribution is -2.44. The number of nitrogens with zero attached hydrogens (tertiary/aromatic N) is 1. The quantitative estimate of drug-likeness (QED) is 0.295. The van der Waals surface area contributed by atoms with Crippen LogP contribution in [0, 0.1) is 6.92 Å². The highest BCUT2D eigenvalue weighted by Gasteiger charge is 2.34. The molecule has 0 atom stereocenters. The molecule has 5 nitrogen and oxygen atoms in total. The molecule has 1 aliphatic heterocycles. The topological polar surface area (TPSA) is 58.6 Å². The van der Waals surface area contributed by atoms with Crippen molar-refractivity contribution in [3.05, 3.63) is 104 Å². The number of halogens is 2. The van der Waals surface area contributed by atoms with E-state index in [0.29, 0.717) is 32.9 Å². The average molecular weight is 529 g/mol. The predicted molar refractivity (Wildman–Crippen MR) is 141 cm³/mol. The largest absolute Gasteiger partial charge is 0.488 e. The van der Waals surface area contributed by atoms with Gasteiger partial charge in [0.25, 0.3) is 11.8 Å². The third kappa shape index (κ3) is 5.62. The first kappa shape index (κ1) is 24.3. The first-order chi connectivity index (χ1) is 16.3. The van der Waals surface area contributed by atoms with E-state index in [9.17, 15) is 9.59 Å². The van der Waals surface area contributed by atoms with Gasteiger partial charge in [0.05, 0.1) is 15.5 Å². The number of nitrogens with one attached hydrogen (secondary N) is 1. The number of thioether (sulfide) groups is 1. The summed E-state index contributed by atoms with van der Waals surface area (Å²) in [4.78, 5) is 26.0. The first-order valence-electron chi connectivity index (χ1n) is 10.1. The second-order valence-corrected chi connectivity index (χ2v) is 9.91. The smallest absolute Gasteiger partial charge is 0.285 e. The van der Waals surface area contributed by atoms with Crippen molar-refractivity contribution < 1.29 is 14.3 Å². The van der Waals surface area contributed by atoms with Gasteiger partial charge in [0.2, 0.25) is 0 Å². The number of hydrogen-bond acceptors (Lipinski definition) is 5. The Morgan fingerprint density at radius 2 is 1.85 bits per heavy atom. The maximum absolute atomic E-state index is 13.0. The molecule has 0 aliphatic carbocycles. The average Bonchev–Trinajstić information content (AvgIpc) is 3.06. The van der Waals surface area contributed by atoms with Crippen LogP contribution >= 0.6 is 47.2 Å². The van der Waals surface area contributed by atoms with Crippen molar-refractivity contribution >= 4 is 69.4 Å². The lowest BCUT2D eigenvalue weighted by atomic mass is 10.1. The third-order valence-electron chi connectivity index (χ3n) is 4.89. The van der Waals surface area contributed by atoms with Crippen LogP contribution in [-0.4, -0.2) is 21.1 Å². The Bertz CT molecular complexity index is 1310. The molecular formula is C25H18Cl2N2O3S2. The fourth-order valence-corrected chi connectivity index (χ4v) is 4.76. The molecule has 1 fully saturated rings. The van der Waals surface area contributed by atoms with Crippen LogP contribution in [0.2, 0.25) is 10.0 Å². The number of hydrogen-bond donors (Lipinski definition) is 1. The highest BCUT2D eigenvalue weighted by atomic mass is 35.5. The van der Waals surface area contributed by atoms with Gasteiger partial charge in [0, 0.05) is 10.6 Å². The number of carbonyl (C=O) groups excluding carboxylic acids is 2. The van der Waals surface area contributed by atoms with Gasteiger partial charge in [-0.05, 0) is 66.7 Å². The van der Waals surface area contributed by atoms with Crippen molar-refractivity contribution in [1.82, 2.24) is 10.4 Å². The van der Waals surface area contributed by atoms with Gasteiger partial charge in [-0.2, -0.15) is 5.01 Å². The summed E-state index contributed by atoms with van der Waals surface area (Å²) in [7, 11) is 0. The van der Waals surface area contributed by atoms with Crippen molar-refractivity contribution in [2.45, 2.75) is 13.5 Å². The molecule has 0 aromatic heterocycles. The van der Waals surface area contributed by atoms with Gasteiger partial charge < -0.3 is 4.74 Å². The summed E-state index contributed by atoms with van der Waals surface area (Å²) in [6, 6.07) is 19.8. The molecule has 0 bridgehead atoms. The number of carbonyl (C=O) groups is 2. The minimum absolute atomic E-state index is 0.215. The molecule has 34 heavy (non-hydrogen) atoms. The van der Waals surface area contributed by atoms with Crippen LogP contribution in [0.25, 0.3) is 6.08 Å². The van der Waals surface area contributed by atoms with Gasteiger partial charge in [-0.25, -0.2) is 0 Å². The molecule has 4 rings (SSSR count). The van der Waals surface area contributed by atoms with E-state index < -0.39 is 11.8 Å². The Balaban J connectivity index is 1.50. The van der Waals surface area contributed by atoms with E-state index in [1.165, 1.54) is 0 Å². The van der Waals surface area contributed by atoms with E-state index in [4.69, 9.17) is 40.2 Å². The molecule has 0 saturated carbocycles. The zero-order chi connectivity index (χ0) is 24.2. The van der Waals surface area contributed by atoms with E-state index in [-0.39, 0.29) is 9.88 Å². The van der Waals surface area contributed by atoms with Crippen molar-refractivity contribution in [2.24, 2.45) is 0 Å². The summed E-state index contributed by atoms with van der Waals surface area (Å²) in [5.74, 6) is -0.341. The second kappa shape index (κ2) is 10.6. The number of benzene rings is 3. The van der Waals surface area contributed by atoms with Crippen LogP contribution in [0.15, 0.2) is 71.6 Å². The Morgan fingerprint density at radius 1 is 1.12 bits per heavy atom. The van der Waals surface area contributed by atoms with Crippen LogP contribution < -0.4 is 10.2 Å². The fraction of sp³-hybridized carbons (Fsp3) is 0.0800. The summed E-state index contributed by atoms with van der Waals surface area (Å²) in [6.45, 7) is 2.22. The standard InChI is InChI=1S/C25H18Cl2N2O3S2/c1-15-6-11-19(20(27)12-15)23(30)28-29-24(31)22(34-25(29)33)13-17-4-2-3-5-21(17)32-14-16-7-9-18(26)10-8-16/h2-13H,14H2,1H3,(H,28,30)/b22-13+. The molecule has 1 heterocycles.